The van der Waals surface area contributed by atoms with Gasteiger partial charge < -0.3 is 15.1 Å². The van der Waals surface area contributed by atoms with Gasteiger partial charge >= 0.3 is 0 Å². The minimum absolute atomic E-state index is 0.0873. The Morgan fingerprint density at radius 3 is 2.25 bits per heavy atom. The molecular weight excluding hydrogens is 734 g/mol. The number of nitriles is 1. The van der Waals surface area contributed by atoms with Crippen LogP contribution in [-0.4, -0.2) is 107 Å². The van der Waals surface area contributed by atoms with Crippen LogP contribution in [0, 0.1) is 17.2 Å². The normalized spacial score (nSPS) is 23.5. The smallest absolute Gasteiger partial charge is 0.272 e. The van der Waals surface area contributed by atoms with E-state index in [-0.39, 0.29) is 30.4 Å². The topological polar surface area (TPSA) is 172 Å². The highest BCUT2D eigenvalue weighted by atomic mass is 35.5. The summed E-state index contributed by atoms with van der Waals surface area (Å²) < 4.78 is 0. The average molecular weight is 778 g/mol. The predicted octanol–water partition coefficient (Wildman–Crippen LogP) is 3.73. The molecule has 5 heterocycles. The number of aromatic nitrogens is 2. The molecule has 1 unspecified atom stereocenters. The van der Waals surface area contributed by atoms with Gasteiger partial charge in [0, 0.05) is 63.5 Å². The second-order valence-corrected chi connectivity index (χ2v) is 15.9. The highest BCUT2D eigenvalue weighted by molar-refractivity contribution is 6.31. The number of hydrogen-bond acceptors (Lipinski definition) is 11. The maximum Gasteiger partial charge on any atom is 0.272 e. The van der Waals surface area contributed by atoms with Crippen LogP contribution in [0.4, 0.5) is 11.5 Å². The van der Waals surface area contributed by atoms with Gasteiger partial charge in [0.2, 0.25) is 11.8 Å². The maximum atomic E-state index is 13.3. The molecule has 5 amide bonds. The Hall–Kier alpha value is -5.39. The zero-order chi connectivity index (χ0) is 38.9. The number of carbonyl (C=O) groups excluding carboxylic acids is 5. The largest absolute Gasteiger partial charge is 0.369 e. The van der Waals surface area contributed by atoms with E-state index in [2.05, 4.69) is 41.6 Å². The van der Waals surface area contributed by atoms with E-state index in [1.807, 2.05) is 24.3 Å². The van der Waals surface area contributed by atoms with Gasteiger partial charge in [-0.3, -0.25) is 39.1 Å². The molecule has 5 aliphatic rings. The van der Waals surface area contributed by atoms with Crippen molar-refractivity contribution in [3.8, 4) is 6.07 Å². The van der Waals surface area contributed by atoms with E-state index in [0.29, 0.717) is 33.8 Å². The van der Waals surface area contributed by atoms with Gasteiger partial charge in [-0.25, -0.2) is 0 Å². The van der Waals surface area contributed by atoms with E-state index < -0.39 is 29.7 Å². The van der Waals surface area contributed by atoms with Gasteiger partial charge in [-0.15, -0.1) is 10.2 Å². The van der Waals surface area contributed by atoms with E-state index in [1.54, 1.807) is 24.3 Å². The fraction of sp³-hybridized carbons (Fsp3) is 0.463. The molecule has 4 aliphatic heterocycles. The number of nitrogens with zero attached hydrogens (tertiary/aromatic N) is 7. The fourth-order valence-corrected chi connectivity index (χ4v) is 9.20. The fourth-order valence-electron chi connectivity index (χ4n) is 8.96. The van der Waals surface area contributed by atoms with Crippen LogP contribution in [-0.2, 0) is 16.0 Å². The molecule has 2 N–H and O–H groups in total. The van der Waals surface area contributed by atoms with Crippen LogP contribution in [0.3, 0.4) is 0 Å². The first kappa shape index (κ1) is 37.5. The lowest BCUT2D eigenvalue weighted by atomic mass is 9.82. The van der Waals surface area contributed by atoms with Crippen molar-refractivity contribution in [3.05, 3.63) is 81.5 Å². The number of benzene rings is 2. The summed E-state index contributed by atoms with van der Waals surface area (Å²) in [5.74, 6) is -0.907. The summed E-state index contributed by atoms with van der Waals surface area (Å²) in [6.07, 6.45) is 6.92. The molecule has 3 saturated heterocycles. The molecule has 0 radical (unpaired) electrons. The number of fused-ring (bicyclic) bond motifs is 1. The molecule has 4 fully saturated rings. The Morgan fingerprint density at radius 1 is 0.821 bits per heavy atom. The molecule has 0 spiro atoms. The number of nitrogens with one attached hydrogen (secondary N) is 2. The number of imide groups is 2. The van der Waals surface area contributed by atoms with Crippen molar-refractivity contribution in [3.63, 3.8) is 0 Å². The molecule has 2 aromatic carbocycles. The van der Waals surface area contributed by atoms with Crippen LogP contribution >= 0.6 is 11.6 Å². The highest BCUT2D eigenvalue weighted by Gasteiger charge is 2.45. The summed E-state index contributed by atoms with van der Waals surface area (Å²) in [4.78, 5) is 71.5. The number of piperidine rings is 2. The minimum atomic E-state index is -0.979. The van der Waals surface area contributed by atoms with Crippen LogP contribution in [0.15, 0.2) is 48.5 Å². The molecule has 290 valence electrons. The van der Waals surface area contributed by atoms with Crippen LogP contribution in [0.2, 0.25) is 5.02 Å². The van der Waals surface area contributed by atoms with Crippen molar-refractivity contribution in [1.82, 2.24) is 30.6 Å². The van der Waals surface area contributed by atoms with Crippen molar-refractivity contribution in [2.45, 2.75) is 75.9 Å². The third kappa shape index (κ3) is 7.70. The number of amides is 5. The highest BCUT2D eigenvalue weighted by Crippen LogP contribution is 2.32. The number of hydrogen-bond donors (Lipinski definition) is 2. The first-order valence-electron chi connectivity index (χ1n) is 19.6. The molecule has 1 saturated carbocycles. The summed E-state index contributed by atoms with van der Waals surface area (Å²) >= 11 is 6.22. The van der Waals surface area contributed by atoms with Crippen LogP contribution in [0.25, 0.3) is 0 Å². The van der Waals surface area contributed by atoms with E-state index in [1.165, 1.54) is 0 Å². The standard InChI is InChI=1S/C41H44ClN9O5/c42-33-22-26(1-4-27(33)24-43)21-25-2-5-28(6-3-25)44-38(53)34-9-11-36(47-46-34)50-15-13-29(14-16-50)48-17-19-49(20-18-48)30-7-8-31-32(23-30)41(56)51(40(31)55)35-10-12-37(52)45-39(35)54/h1,4,7-9,11,22-23,25,28-29,35H,2-3,5-6,10,12-21H2,(H,44,53)(H,45,52,54)/t25-,28-,35?. The quantitative estimate of drug-likeness (QED) is 0.320. The molecule has 1 aliphatic carbocycles. The maximum absolute atomic E-state index is 13.3. The number of carbonyl (C=O) groups is 5. The summed E-state index contributed by atoms with van der Waals surface area (Å²) in [6, 6.07) is 16.3. The van der Waals surface area contributed by atoms with Gasteiger partial charge in [-0.1, -0.05) is 17.7 Å². The average Bonchev–Trinajstić information content (AvgIpc) is 3.46. The van der Waals surface area contributed by atoms with Gasteiger partial charge in [0.25, 0.3) is 17.7 Å². The Kier molecular flexibility index (Phi) is 10.7. The lowest BCUT2D eigenvalue weighted by Crippen LogP contribution is -2.54. The van der Waals surface area contributed by atoms with Crippen molar-refractivity contribution in [2.24, 2.45) is 5.92 Å². The van der Waals surface area contributed by atoms with Gasteiger partial charge in [0.15, 0.2) is 11.5 Å². The first-order chi connectivity index (χ1) is 27.1. The SMILES string of the molecule is N#Cc1ccc(C[C@H]2CC[C@H](NC(=O)c3ccc(N4CCC(N5CCN(c6ccc7c(c6)C(=O)N(C6CCC(=O)NC6=O)C7=O)CC5)CC4)nn3)CC2)cc1Cl. The second kappa shape index (κ2) is 16.0. The van der Waals surface area contributed by atoms with Gasteiger partial charge in [0.05, 0.1) is 21.7 Å². The van der Waals surface area contributed by atoms with Crippen molar-refractivity contribution in [1.29, 1.82) is 5.26 Å². The summed E-state index contributed by atoms with van der Waals surface area (Å²) in [5, 5.41) is 23.7. The van der Waals surface area contributed by atoms with E-state index >= 15 is 0 Å². The molecule has 1 atom stereocenters. The Labute approximate surface area is 330 Å². The molecule has 3 aromatic rings. The van der Waals surface area contributed by atoms with E-state index in [0.717, 1.165) is 106 Å². The Balaban J connectivity index is 0.772. The molecule has 0 bridgehead atoms. The third-order valence-electron chi connectivity index (χ3n) is 12.2. The summed E-state index contributed by atoms with van der Waals surface area (Å²) in [5.41, 5.74) is 3.40. The van der Waals surface area contributed by atoms with Gasteiger partial charge in [0.1, 0.15) is 12.1 Å². The first-order valence-corrected chi connectivity index (χ1v) is 20.0. The molecule has 8 rings (SSSR count). The molecular formula is C41H44ClN9O5. The zero-order valence-corrected chi connectivity index (χ0v) is 31.8. The number of halogens is 1. The Morgan fingerprint density at radius 2 is 1.57 bits per heavy atom. The van der Waals surface area contributed by atoms with Crippen LogP contribution in [0.5, 0.6) is 0 Å². The van der Waals surface area contributed by atoms with E-state index in [4.69, 9.17) is 16.9 Å². The minimum Gasteiger partial charge on any atom is -0.369 e. The van der Waals surface area contributed by atoms with Crippen LogP contribution in [0.1, 0.15) is 93.7 Å². The third-order valence-corrected chi connectivity index (χ3v) is 12.5. The van der Waals surface area contributed by atoms with Crippen molar-refractivity contribution >= 4 is 52.6 Å². The van der Waals surface area contributed by atoms with Crippen LogP contribution < -0.4 is 20.4 Å². The van der Waals surface area contributed by atoms with Crippen molar-refractivity contribution in [2.75, 3.05) is 49.1 Å². The number of rotatable bonds is 8. The predicted molar refractivity (Wildman–Crippen MR) is 207 cm³/mol. The summed E-state index contributed by atoms with van der Waals surface area (Å²) in [7, 11) is 0. The Bertz CT molecular complexity index is 2080. The molecule has 15 heteroatoms. The van der Waals surface area contributed by atoms with E-state index in [9.17, 15) is 24.0 Å². The number of piperazine rings is 1. The molecule has 1 aromatic heterocycles. The number of anilines is 2. The lowest BCUT2D eigenvalue weighted by Gasteiger charge is -2.43. The summed E-state index contributed by atoms with van der Waals surface area (Å²) in [6.45, 7) is 4.98. The molecule has 56 heavy (non-hydrogen) atoms. The monoisotopic (exact) mass is 777 g/mol. The molecule has 14 nitrogen and oxygen atoms in total. The second-order valence-electron chi connectivity index (χ2n) is 15.5. The lowest BCUT2D eigenvalue weighted by molar-refractivity contribution is -0.136. The van der Waals surface area contributed by atoms with Crippen molar-refractivity contribution < 1.29 is 24.0 Å². The zero-order valence-electron chi connectivity index (χ0n) is 31.1. The van der Waals surface area contributed by atoms with Gasteiger partial charge in [-0.05, 0) is 105 Å². The van der Waals surface area contributed by atoms with Gasteiger partial charge in [-0.2, -0.15) is 5.26 Å².